The van der Waals surface area contributed by atoms with E-state index in [1.165, 1.54) is 18.0 Å². The molecule has 0 saturated heterocycles. The van der Waals surface area contributed by atoms with Crippen LogP contribution in [-0.4, -0.2) is 28.0 Å². The number of aromatic hydroxyl groups is 1. The highest BCUT2D eigenvalue weighted by molar-refractivity contribution is 9.10. The van der Waals surface area contributed by atoms with Gasteiger partial charge in [0.25, 0.3) is 0 Å². The number of rotatable bonds is 5. The molecular formula is C22H15BrClN3O2S. The molecule has 4 aromatic rings. The number of nitrogens with one attached hydrogen (secondary N) is 1. The van der Waals surface area contributed by atoms with Crippen molar-refractivity contribution in [2.24, 2.45) is 5.10 Å². The van der Waals surface area contributed by atoms with Crippen LogP contribution in [0.5, 0.6) is 5.75 Å². The molecule has 5 nitrogen and oxygen atoms in total. The molecule has 0 atom stereocenters. The summed E-state index contributed by atoms with van der Waals surface area (Å²) in [6.07, 6.45) is 1.40. The molecule has 1 amide bonds. The van der Waals surface area contributed by atoms with Crippen molar-refractivity contribution in [2.45, 2.75) is 4.90 Å². The monoisotopic (exact) mass is 499 g/mol. The number of hydrazone groups is 1. The van der Waals surface area contributed by atoms with Gasteiger partial charge in [-0.2, -0.15) is 5.10 Å². The SMILES string of the molecule is O=C(CSc1c2ccccc2nc2ccc(Cl)cc12)N/N=C/c1cc(Br)ccc1O. The predicted octanol–water partition coefficient (Wildman–Crippen LogP) is 5.75. The van der Waals surface area contributed by atoms with Gasteiger partial charge in [-0.1, -0.05) is 45.7 Å². The zero-order valence-electron chi connectivity index (χ0n) is 15.5. The van der Waals surface area contributed by atoms with Crippen molar-refractivity contribution in [1.29, 1.82) is 0 Å². The van der Waals surface area contributed by atoms with Crippen LogP contribution in [-0.2, 0) is 4.79 Å². The first kappa shape index (κ1) is 20.7. The molecule has 3 aromatic carbocycles. The molecule has 30 heavy (non-hydrogen) atoms. The smallest absolute Gasteiger partial charge is 0.250 e. The van der Waals surface area contributed by atoms with Crippen molar-refractivity contribution in [3.05, 3.63) is 75.7 Å². The third-order valence-corrected chi connectivity index (χ3v) is 6.19. The van der Waals surface area contributed by atoms with E-state index in [9.17, 15) is 9.90 Å². The summed E-state index contributed by atoms with van der Waals surface area (Å²) in [7, 11) is 0. The highest BCUT2D eigenvalue weighted by atomic mass is 79.9. The summed E-state index contributed by atoms with van der Waals surface area (Å²) >= 11 is 10.9. The predicted molar refractivity (Wildman–Crippen MR) is 127 cm³/mol. The number of aromatic nitrogens is 1. The summed E-state index contributed by atoms with van der Waals surface area (Å²) in [4.78, 5) is 18.0. The number of carbonyl (C=O) groups excluding carboxylic acids is 1. The highest BCUT2D eigenvalue weighted by Crippen LogP contribution is 2.35. The number of para-hydroxylation sites is 1. The van der Waals surface area contributed by atoms with Crippen molar-refractivity contribution in [1.82, 2.24) is 10.4 Å². The molecule has 0 bridgehead atoms. The number of phenols is 1. The summed E-state index contributed by atoms with van der Waals surface area (Å²) in [5.41, 5.74) is 4.68. The van der Waals surface area contributed by atoms with Gasteiger partial charge >= 0.3 is 0 Å². The highest BCUT2D eigenvalue weighted by Gasteiger charge is 2.12. The van der Waals surface area contributed by atoms with Crippen LogP contribution in [0.1, 0.15) is 5.56 Å². The largest absolute Gasteiger partial charge is 0.507 e. The van der Waals surface area contributed by atoms with Crippen molar-refractivity contribution in [2.75, 3.05) is 5.75 Å². The Labute approximate surface area is 190 Å². The van der Waals surface area contributed by atoms with E-state index in [0.717, 1.165) is 31.2 Å². The van der Waals surface area contributed by atoms with Gasteiger partial charge in [-0.05, 0) is 42.5 Å². The first-order chi connectivity index (χ1) is 14.5. The molecule has 0 unspecified atom stereocenters. The number of fused-ring (bicyclic) bond motifs is 2. The Kier molecular flexibility index (Phi) is 6.22. The van der Waals surface area contributed by atoms with Crippen LogP contribution in [0, 0.1) is 0 Å². The topological polar surface area (TPSA) is 74.6 Å². The summed E-state index contributed by atoms with van der Waals surface area (Å²) in [5.74, 6) is -0.0174. The first-order valence-electron chi connectivity index (χ1n) is 8.92. The molecule has 0 aliphatic carbocycles. The van der Waals surface area contributed by atoms with E-state index in [-0.39, 0.29) is 17.4 Å². The van der Waals surface area contributed by atoms with Crippen molar-refractivity contribution < 1.29 is 9.90 Å². The normalized spacial score (nSPS) is 11.4. The van der Waals surface area contributed by atoms with Crippen LogP contribution in [0.15, 0.2) is 75.1 Å². The minimum Gasteiger partial charge on any atom is -0.507 e. The van der Waals surface area contributed by atoms with Gasteiger partial charge in [-0.3, -0.25) is 4.79 Å². The van der Waals surface area contributed by atoms with Crippen molar-refractivity contribution in [3.8, 4) is 5.75 Å². The maximum absolute atomic E-state index is 12.3. The number of phenolic OH excluding ortho intramolecular Hbond substituents is 1. The Morgan fingerprint density at radius 2 is 1.93 bits per heavy atom. The van der Waals surface area contributed by atoms with E-state index in [0.29, 0.717) is 10.6 Å². The fourth-order valence-electron chi connectivity index (χ4n) is 2.95. The maximum atomic E-state index is 12.3. The molecule has 0 aliphatic rings. The van der Waals surface area contributed by atoms with Gasteiger partial charge in [0.15, 0.2) is 0 Å². The lowest BCUT2D eigenvalue weighted by Gasteiger charge is -2.10. The van der Waals surface area contributed by atoms with Crippen LogP contribution in [0.3, 0.4) is 0 Å². The third-order valence-electron chi connectivity index (χ3n) is 4.32. The van der Waals surface area contributed by atoms with Gasteiger partial charge in [0, 0.05) is 30.7 Å². The second-order valence-electron chi connectivity index (χ2n) is 6.40. The van der Waals surface area contributed by atoms with Gasteiger partial charge in [-0.25, -0.2) is 10.4 Å². The molecule has 1 heterocycles. The summed E-state index contributed by atoms with van der Waals surface area (Å²) in [5, 5.41) is 16.3. The molecule has 0 spiro atoms. The number of carbonyl (C=O) groups is 1. The van der Waals surface area contributed by atoms with Gasteiger partial charge in [-0.15, -0.1) is 11.8 Å². The number of hydrogen-bond donors (Lipinski definition) is 2. The Hall–Kier alpha value is -2.61. The van der Waals surface area contributed by atoms with Gasteiger partial charge in [0.05, 0.1) is 23.0 Å². The van der Waals surface area contributed by atoms with Crippen LogP contribution in [0.4, 0.5) is 0 Å². The summed E-state index contributed by atoms with van der Waals surface area (Å²) in [6, 6.07) is 18.3. The second kappa shape index (κ2) is 9.04. The van der Waals surface area contributed by atoms with E-state index >= 15 is 0 Å². The Bertz CT molecular complexity index is 1300. The first-order valence-corrected chi connectivity index (χ1v) is 11.1. The van der Waals surface area contributed by atoms with Crippen molar-refractivity contribution >= 4 is 73.2 Å². The fraction of sp³-hybridized carbons (Fsp3) is 0.0455. The van der Waals surface area contributed by atoms with E-state index < -0.39 is 0 Å². The zero-order valence-corrected chi connectivity index (χ0v) is 18.6. The average Bonchev–Trinajstić information content (AvgIpc) is 2.74. The van der Waals surface area contributed by atoms with Crippen LogP contribution < -0.4 is 5.43 Å². The lowest BCUT2D eigenvalue weighted by Crippen LogP contribution is -2.19. The number of nitrogens with zero attached hydrogens (tertiary/aromatic N) is 2. The molecule has 0 radical (unpaired) electrons. The molecular weight excluding hydrogens is 486 g/mol. The molecule has 0 fully saturated rings. The van der Waals surface area contributed by atoms with Gasteiger partial charge in [0.2, 0.25) is 5.91 Å². The number of benzene rings is 3. The molecule has 1 aromatic heterocycles. The minimum absolute atomic E-state index is 0.0807. The fourth-order valence-corrected chi connectivity index (χ4v) is 4.49. The van der Waals surface area contributed by atoms with E-state index in [1.807, 2.05) is 36.4 Å². The lowest BCUT2D eigenvalue weighted by molar-refractivity contribution is -0.118. The Morgan fingerprint density at radius 3 is 2.80 bits per heavy atom. The zero-order chi connectivity index (χ0) is 21.1. The standard InChI is InChI=1S/C22H15BrClN3O2S/c23-14-5-8-20(28)13(9-14)11-25-27-21(29)12-30-22-16-3-1-2-4-18(16)26-19-7-6-15(24)10-17(19)22/h1-11,28H,12H2,(H,27,29)/b25-11+. The number of amides is 1. The molecule has 4 rings (SSSR count). The lowest BCUT2D eigenvalue weighted by atomic mass is 10.1. The summed E-state index contributed by atoms with van der Waals surface area (Å²) < 4.78 is 0.804. The Morgan fingerprint density at radius 1 is 1.13 bits per heavy atom. The number of pyridine rings is 1. The average molecular weight is 501 g/mol. The molecule has 0 saturated carbocycles. The van der Waals surface area contributed by atoms with E-state index in [1.54, 1.807) is 24.3 Å². The van der Waals surface area contributed by atoms with Gasteiger partial charge < -0.3 is 5.11 Å². The number of halogens is 2. The summed E-state index contributed by atoms with van der Waals surface area (Å²) in [6.45, 7) is 0. The maximum Gasteiger partial charge on any atom is 0.250 e. The second-order valence-corrected chi connectivity index (χ2v) is 8.74. The third kappa shape index (κ3) is 4.59. The quantitative estimate of drug-likeness (QED) is 0.158. The van der Waals surface area contributed by atoms with Crippen molar-refractivity contribution in [3.63, 3.8) is 0 Å². The van der Waals surface area contributed by atoms with Crippen LogP contribution >= 0.6 is 39.3 Å². The Balaban J connectivity index is 1.54. The number of thioether (sulfide) groups is 1. The van der Waals surface area contributed by atoms with Gasteiger partial charge in [0.1, 0.15) is 5.75 Å². The molecule has 8 heteroatoms. The van der Waals surface area contributed by atoms with Crippen LogP contribution in [0.25, 0.3) is 21.8 Å². The number of hydrogen-bond acceptors (Lipinski definition) is 5. The van der Waals surface area contributed by atoms with E-state index in [2.05, 4.69) is 31.4 Å². The van der Waals surface area contributed by atoms with Crippen LogP contribution in [0.2, 0.25) is 5.02 Å². The molecule has 0 aliphatic heterocycles. The molecule has 2 N–H and O–H groups in total. The van der Waals surface area contributed by atoms with E-state index in [4.69, 9.17) is 11.6 Å². The minimum atomic E-state index is -0.262. The molecule has 150 valence electrons.